The molecule has 0 radical (unpaired) electrons. The summed E-state index contributed by atoms with van der Waals surface area (Å²) in [6.07, 6.45) is 0. The van der Waals surface area contributed by atoms with Crippen LogP contribution in [0.2, 0.25) is 0 Å². The number of rotatable bonds is 4. The second-order valence-electron chi connectivity index (χ2n) is 6.05. The van der Waals surface area contributed by atoms with Gasteiger partial charge in [-0.25, -0.2) is 14.6 Å². The van der Waals surface area contributed by atoms with E-state index in [1.807, 2.05) is 0 Å². The average molecular weight is 395 g/mol. The molecule has 148 valence electrons. The van der Waals surface area contributed by atoms with E-state index in [4.69, 9.17) is 0 Å². The fourth-order valence-electron chi connectivity index (χ4n) is 2.79. The molecule has 9 heteroatoms. The first-order valence-electron chi connectivity index (χ1n) is 8.44. The Bertz CT molecular complexity index is 1160. The topological polar surface area (TPSA) is 117 Å². The minimum absolute atomic E-state index is 0.0325. The Morgan fingerprint density at radius 3 is 2.14 bits per heavy atom. The molecular weight excluding hydrogens is 378 g/mol. The number of aromatic nitrogens is 2. The second kappa shape index (κ2) is 7.93. The Morgan fingerprint density at radius 2 is 1.55 bits per heavy atom. The van der Waals surface area contributed by atoms with Gasteiger partial charge in [0.1, 0.15) is 0 Å². The maximum absolute atomic E-state index is 12.7. The summed E-state index contributed by atoms with van der Waals surface area (Å²) in [6, 6.07) is 10.8. The van der Waals surface area contributed by atoms with Gasteiger partial charge in [0.15, 0.2) is 5.69 Å². The SMILES string of the molecule is COC(=O)c1cc(NC(=O)c2nc3ccccc3n(C)c2=O)cc(C(=O)OC)c1. The maximum Gasteiger partial charge on any atom is 0.337 e. The number of amides is 1. The van der Waals surface area contributed by atoms with Crippen LogP contribution in [0.25, 0.3) is 11.0 Å². The van der Waals surface area contributed by atoms with Crippen LogP contribution in [0, 0.1) is 0 Å². The van der Waals surface area contributed by atoms with Crippen LogP contribution >= 0.6 is 0 Å². The fraction of sp³-hybridized carbons (Fsp3) is 0.150. The molecule has 2 aromatic carbocycles. The first-order chi connectivity index (χ1) is 13.8. The van der Waals surface area contributed by atoms with E-state index in [1.54, 1.807) is 24.3 Å². The van der Waals surface area contributed by atoms with Gasteiger partial charge in [0, 0.05) is 12.7 Å². The van der Waals surface area contributed by atoms with Crippen molar-refractivity contribution >= 4 is 34.6 Å². The Labute approximate surface area is 164 Å². The van der Waals surface area contributed by atoms with Gasteiger partial charge in [-0.2, -0.15) is 0 Å². The zero-order valence-electron chi connectivity index (χ0n) is 15.9. The van der Waals surface area contributed by atoms with Gasteiger partial charge in [0.25, 0.3) is 11.5 Å². The van der Waals surface area contributed by atoms with Gasteiger partial charge in [0.2, 0.25) is 0 Å². The van der Waals surface area contributed by atoms with Gasteiger partial charge in [-0.05, 0) is 30.3 Å². The highest BCUT2D eigenvalue weighted by atomic mass is 16.5. The number of nitrogens with zero attached hydrogens (tertiary/aromatic N) is 2. The first kappa shape index (κ1) is 19.7. The number of fused-ring (bicyclic) bond motifs is 1. The van der Waals surface area contributed by atoms with Gasteiger partial charge in [-0.15, -0.1) is 0 Å². The summed E-state index contributed by atoms with van der Waals surface area (Å²) in [5.41, 5.74) is 0.311. The number of ether oxygens (including phenoxy) is 2. The van der Waals surface area contributed by atoms with Gasteiger partial charge < -0.3 is 19.4 Å². The summed E-state index contributed by atoms with van der Waals surface area (Å²) in [4.78, 5) is 53.2. The molecule has 0 fully saturated rings. The number of carbonyl (C=O) groups excluding carboxylic acids is 3. The molecule has 0 saturated carbocycles. The Morgan fingerprint density at radius 1 is 0.966 bits per heavy atom. The van der Waals surface area contributed by atoms with Gasteiger partial charge >= 0.3 is 11.9 Å². The Balaban J connectivity index is 2.04. The highest BCUT2D eigenvalue weighted by Gasteiger charge is 2.19. The zero-order valence-corrected chi connectivity index (χ0v) is 15.9. The number of benzene rings is 2. The van der Waals surface area contributed by atoms with Crippen molar-refractivity contribution in [1.29, 1.82) is 0 Å². The predicted octanol–water partition coefficient (Wildman–Crippen LogP) is 1.76. The molecule has 3 aromatic rings. The minimum Gasteiger partial charge on any atom is -0.465 e. The first-order valence-corrected chi connectivity index (χ1v) is 8.44. The quantitative estimate of drug-likeness (QED) is 0.669. The number of anilines is 1. The third-order valence-corrected chi connectivity index (χ3v) is 4.23. The van der Waals surface area contributed by atoms with E-state index in [1.165, 1.54) is 44.0 Å². The molecule has 0 aliphatic heterocycles. The maximum atomic E-state index is 12.7. The molecule has 1 heterocycles. The molecule has 9 nitrogen and oxygen atoms in total. The number of aryl methyl sites for hydroxylation is 1. The normalized spacial score (nSPS) is 10.4. The molecule has 3 rings (SSSR count). The molecule has 29 heavy (non-hydrogen) atoms. The van der Waals surface area contributed by atoms with Crippen LogP contribution in [-0.4, -0.2) is 41.6 Å². The molecule has 1 N–H and O–H groups in total. The highest BCUT2D eigenvalue weighted by molar-refractivity contribution is 6.05. The largest absolute Gasteiger partial charge is 0.465 e. The fourth-order valence-corrected chi connectivity index (χ4v) is 2.79. The number of hydrogen-bond donors (Lipinski definition) is 1. The van der Waals surface area contributed by atoms with Crippen molar-refractivity contribution in [2.75, 3.05) is 19.5 Å². The Hall–Kier alpha value is -4.01. The number of esters is 2. The van der Waals surface area contributed by atoms with Crippen molar-refractivity contribution in [2.24, 2.45) is 7.05 Å². The molecule has 1 amide bonds. The molecule has 0 bridgehead atoms. The van der Waals surface area contributed by atoms with Crippen molar-refractivity contribution < 1.29 is 23.9 Å². The second-order valence-corrected chi connectivity index (χ2v) is 6.05. The van der Waals surface area contributed by atoms with Crippen molar-refractivity contribution in [3.8, 4) is 0 Å². The zero-order chi connectivity index (χ0) is 21.1. The third-order valence-electron chi connectivity index (χ3n) is 4.23. The number of methoxy groups -OCH3 is 2. The van der Waals surface area contributed by atoms with Crippen LogP contribution in [-0.2, 0) is 16.5 Å². The lowest BCUT2D eigenvalue weighted by Crippen LogP contribution is -2.30. The van der Waals surface area contributed by atoms with Crippen LogP contribution in [0.15, 0.2) is 47.3 Å². The van der Waals surface area contributed by atoms with E-state index < -0.39 is 23.4 Å². The predicted molar refractivity (Wildman–Crippen MR) is 104 cm³/mol. The summed E-state index contributed by atoms with van der Waals surface area (Å²) in [5.74, 6) is -2.19. The van der Waals surface area contributed by atoms with Gasteiger partial charge in [0.05, 0.1) is 36.4 Å². The van der Waals surface area contributed by atoms with Crippen molar-refractivity contribution in [2.45, 2.75) is 0 Å². The third kappa shape index (κ3) is 3.84. The molecule has 0 unspecified atom stereocenters. The van der Waals surface area contributed by atoms with Crippen LogP contribution < -0.4 is 10.9 Å². The van der Waals surface area contributed by atoms with Crippen molar-refractivity contribution in [3.05, 3.63) is 69.6 Å². The molecule has 1 aromatic heterocycles. The van der Waals surface area contributed by atoms with E-state index in [-0.39, 0.29) is 22.5 Å². The number of carbonyl (C=O) groups is 3. The smallest absolute Gasteiger partial charge is 0.337 e. The molecule has 0 atom stereocenters. The van der Waals surface area contributed by atoms with E-state index in [9.17, 15) is 19.2 Å². The number of para-hydroxylation sites is 2. The van der Waals surface area contributed by atoms with Gasteiger partial charge in [-0.3, -0.25) is 9.59 Å². The lowest BCUT2D eigenvalue weighted by Gasteiger charge is -2.10. The van der Waals surface area contributed by atoms with Crippen LogP contribution in [0.5, 0.6) is 0 Å². The molecule has 0 aliphatic rings. The summed E-state index contributed by atoms with van der Waals surface area (Å²) in [7, 11) is 3.92. The molecular formula is C20H17N3O6. The summed E-state index contributed by atoms with van der Waals surface area (Å²) in [5, 5.41) is 2.50. The number of hydrogen-bond acceptors (Lipinski definition) is 7. The van der Waals surface area contributed by atoms with Crippen LogP contribution in [0.1, 0.15) is 31.2 Å². The molecule has 0 aliphatic carbocycles. The van der Waals surface area contributed by atoms with Crippen molar-refractivity contribution in [1.82, 2.24) is 9.55 Å². The van der Waals surface area contributed by atoms with E-state index in [2.05, 4.69) is 19.8 Å². The lowest BCUT2D eigenvalue weighted by molar-refractivity contribution is 0.0599. The van der Waals surface area contributed by atoms with Crippen LogP contribution in [0.3, 0.4) is 0 Å². The molecule has 0 saturated heterocycles. The van der Waals surface area contributed by atoms with Gasteiger partial charge in [-0.1, -0.05) is 12.1 Å². The van der Waals surface area contributed by atoms with E-state index in [0.717, 1.165) is 0 Å². The summed E-state index contributed by atoms with van der Waals surface area (Å²) >= 11 is 0. The lowest BCUT2D eigenvalue weighted by atomic mass is 10.1. The minimum atomic E-state index is -0.783. The average Bonchev–Trinajstić information content (AvgIpc) is 2.74. The van der Waals surface area contributed by atoms with E-state index >= 15 is 0 Å². The summed E-state index contributed by atoms with van der Waals surface area (Å²) < 4.78 is 10.6. The van der Waals surface area contributed by atoms with Crippen molar-refractivity contribution in [3.63, 3.8) is 0 Å². The van der Waals surface area contributed by atoms with Crippen LogP contribution in [0.4, 0.5) is 5.69 Å². The highest BCUT2D eigenvalue weighted by Crippen LogP contribution is 2.18. The molecule has 0 spiro atoms. The monoisotopic (exact) mass is 395 g/mol. The summed E-state index contributed by atoms with van der Waals surface area (Å²) in [6.45, 7) is 0. The number of nitrogens with one attached hydrogen (secondary N) is 1. The Kier molecular flexibility index (Phi) is 5.40. The standard InChI is InChI=1S/C20H17N3O6/c1-23-15-7-5-4-6-14(15)22-16(18(23)25)17(24)21-13-9-11(19(26)28-2)8-12(10-13)20(27)29-3/h4-10H,1-3H3,(H,21,24). The van der Waals surface area contributed by atoms with E-state index in [0.29, 0.717) is 11.0 Å².